The zero-order chi connectivity index (χ0) is 16.7. The van der Waals surface area contributed by atoms with Crippen molar-refractivity contribution in [2.24, 2.45) is 0 Å². The summed E-state index contributed by atoms with van der Waals surface area (Å²) in [6.07, 6.45) is 0. The van der Waals surface area contributed by atoms with Gasteiger partial charge in [0.1, 0.15) is 5.75 Å². The standard InChI is InChI=1S/C19H24N2O2/c1-4-23-17-11-9-16(10-12-17)13-21(3)14-19(22)20-18-8-6-5-7-15(18)2/h5-12H,4,13-14H2,1-3H3,(H,20,22). The van der Waals surface area contributed by atoms with E-state index in [1.807, 2.05) is 74.3 Å². The van der Waals surface area contributed by atoms with Crippen LogP contribution in [0, 0.1) is 6.92 Å². The van der Waals surface area contributed by atoms with Crippen LogP contribution in [-0.4, -0.2) is 31.0 Å². The van der Waals surface area contributed by atoms with E-state index < -0.39 is 0 Å². The molecule has 0 radical (unpaired) electrons. The van der Waals surface area contributed by atoms with Crippen LogP contribution in [0.4, 0.5) is 5.69 Å². The molecule has 2 aromatic carbocycles. The number of benzene rings is 2. The fourth-order valence-corrected chi connectivity index (χ4v) is 2.37. The highest BCUT2D eigenvalue weighted by molar-refractivity contribution is 5.92. The van der Waals surface area contributed by atoms with Crippen LogP contribution in [0.1, 0.15) is 18.1 Å². The molecule has 122 valence electrons. The van der Waals surface area contributed by atoms with Gasteiger partial charge in [0.15, 0.2) is 0 Å². The van der Waals surface area contributed by atoms with Gasteiger partial charge in [-0.15, -0.1) is 0 Å². The molecule has 4 nitrogen and oxygen atoms in total. The maximum atomic E-state index is 12.1. The van der Waals surface area contributed by atoms with E-state index in [2.05, 4.69) is 5.32 Å². The minimum absolute atomic E-state index is 0.00673. The average molecular weight is 312 g/mol. The second-order valence-corrected chi connectivity index (χ2v) is 5.61. The number of nitrogens with zero attached hydrogens (tertiary/aromatic N) is 1. The SMILES string of the molecule is CCOc1ccc(CN(C)CC(=O)Nc2ccccc2C)cc1. The molecule has 23 heavy (non-hydrogen) atoms. The molecular weight excluding hydrogens is 288 g/mol. The van der Waals surface area contributed by atoms with Gasteiger partial charge in [0.05, 0.1) is 13.2 Å². The summed E-state index contributed by atoms with van der Waals surface area (Å²) in [5.41, 5.74) is 3.08. The van der Waals surface area contributed by atoms with Gasteiger partial charge in [-0.1, -0.05) is 30.3 Å². The Morgan fingerprint density at radius 1 is 1.13 bits per heavy atom. The highest BCUT2D eigenvalue weighted by Crippen LogP contribution is 2.14. The van der Waals surface area contributed by atoms with Crippen LogP contribution < -0.4 is 10.1 Å². The Labute approximate surface area is 138 Å². The molecule has 0 aliphatic heterocycles. The Morgan fingerprint density at radius 3 is 2.48 bits per heavy atom. The number of rotatable bonds is 7. The van der Waals surface area contributed by atoms with E-state index in [1.54, 1.807) is 0 Å². The number of hydrogen-bond donors (Lipinski definition) is 1. The lowest BCUT2D eigenvalue weighted by Crippen LogP contribution is -2.30. The van der Waals surface area contributed by atoms with E-state index in [-0.39, 0.29) is 5.91 Å². The van der Waals surface area contributed by atoms with Crippen molar-refractivity contribution in [1.29, 1.82) is 0 Å². The molecule has 0 aliphatic carbocycles. The van der Waals surface area contributed by atoms with Gasteiger partial charge in [0, 0.05) is 12.2 Å². The second-order valence-electron chi connectivity index (χ2n) is 5.61. The molecule has 0 saturated carbocycles. The number of nitrogens with one attached hydrogen (secondary N) is 1. The topological polar surface area (TPSA) is 41.6 Å². The number of likely N-dealkylation sites (N-methyl/N-ethyl adjacent to an activating group) is 1. The quantitative estimate of drug-likeness (QED) is 0.851. The lowest BCUT2D eigenvalue weighted by atomic mass is 10.2. The molecule has 0 unspecified atom stereocenters. The molecule has 0 heterocycles. The maximum absolute atomic E-state index is 12.1. The highest BCUT2D eigenvalue weighted by atomic mass is 16.5. The van der Waals surface area contributed by atoms with E-state index in [4.69, 9.17) is 4.74 Å². The van der Waals surface area contributed by atoms with Gasteiger partial charge < -0.3 is 10.1 Å². The molecule has 0 bridgehead atoms. The van der Waals surface area contributed by atoms with Crippen LogP contribution in [0.15, 0.2) is 48.5 Å². The average Bonchev–Trinajstić information content (AvgIpc) is 2.51. The highest BCUT2D eigenvalue weighted by Gasteiger charge is 2.08. The Hall–Kier alpha value is -2.33. The number of para-hydroxylation sites is 1. The molecular formula is C19H24N2O2. The molecule has 0 fully saturated rings. The maximum Gasteiger partial charge on any atom is 0.238 e. The Morgan fingerprint density at radius 2 is 1.83 bits per heavy atom. The van der Waals surface area contributed by atoms with Gasteiger partial charge in [-0.2, -0.15) is 0 Å². The number of amides is 1. The fourth-order valence-electron chi connectivity index (χ4n) is 2.37. The summed E-state index contributed by atoms with van der Waals surface area (Å²) in [7, 11) is 1.94. The molecule has 2 rings (SSSR count). The Kier molecular flexibility index (Phi) is 6.18. The molecule has 0 atom stereocenters. The smallest absolute Gasteiger partial charge is 0.238 e. The number of anilines is 1. The van der Waals surface area contributed by atoms with Crippen LogP contribution in [-0.2, 0) is 11.3 Å². The normalized spacial score (nSPS) is 10.6. The molecule has 2 aromatic rings. The monoisotopic (exact) mass is 312 g/mol. The van der Waals surface area contributed by atoms with Crippen molar-refractivity contribution in [3.8, 4) is 5.75 Å². The molecule has 4 heteroatoms. The largest absolute Gasteiger partial charge is 0.494 e. The summed E-state index contributed by atoms with van der Waals surface area (Å²) in [6, 6.07) is 15.8. The first kappa shape index (κ1) is 17.0. The summed E-state index contributed by atoms with van der Waals surface area (Å²) in [4.78, 5) is 14.1. The molecule has 0 aliphatic rings. The predicted octanol–water partition coefficient (Wildman–Crippen LogP) is 3.46. The third-order valence-electron chi connectivity index (χ3n) is 3.52. The van der Waals surface area contributed by atoms with E-state index in [0.717, 1.165) is 22.6 Å². The Balaban J connectivity index is 1.85. The lowest BCUT2D eigenvalue weighted by molar-refractivity contribution is -0.117. The van der Waals surface area contributed by atoms with E-state index in [9.17, 15) is 4.79 Å². The molecule has 1 amide bonds. The third kappa shape index (κ3) is 5.42. The van der Waals surface area contributed by atoms with E-state index in [1.165, 1.54) is 0 Å². The first-order chi connectivity index (χ1) is 11.1. The number of hydrogen-bond acceptors (Lipinski definition) is 3. The third-order valence-corrected chi connectivity index (χ3v) is 3.52. The van der Waals surface area contributed by atoms with Gasteiger partial charge in [0.25, 0.3) is 0 Å². The van der Waals surface area contributed by atoms with Gasteiger partial charge in [-0.3, -0.25) is 9.69 Å². The number of ether oxygens (including phenoxy) is 1. The first-order valence-corrected chi connectivity index (χ1v) is 7.84. The fraction of sp³-hybridized carbons (Fsp3) is 0.316. The van der Waals surface area contributed by atoms with Gasteiger partial charge in [0.2, 0.25) is 5.91 Å². The molecule has 0 spiro atoms. The summed E-state index contributed by atoms with van der Waals surface area (Å²) in [5, 5.41) is 2.95. The van der Waals surface area contributed by atoms with E-state index >= 15 is 0 Å². The van der Waals surface area contributed by atoms with Gasteiger partial charge >= 0.3 is 0 Å². The zero-order valence-electron chi connectivity index (χ0n) is 14.0. The predicted molar refractivity (Wildman–Crippen MR) is 93.8 cm³/mol. The van der Waals surface area contributed by atoms with Gasteiger partial charge in [-0.25, -0.2) is 0 Å². The van der Waals surface area contributed by atoms with E-state index in [0.29, 0.717) is 19.7 Å². The van der Waals surface area contributed by atoms with Crippen molar-refractivity contribution < 1.29 is 9.53 Å². The number of carbonyl (C=O) groups is 1. The number of aryl methyl sites for hydroxylation is 1. The van der Waals surface area contributed by atoms with Crippen LogP contribution in [0.5, 0.6) is 5.75 Å². The summed E-state index contributed by atoms with van der Waals surface area (Å²) in [5.74, 6) is 0.865. The Bertz CT molecular complexity index is 638. The minimum atomic E-state index is -0.00673. The van der Waals surface area contributed by atoms with Crippen LogP contribution >= 0.6 is 0 Å². The van der Waals surface area contributed by atoms with Crippen molar-refractivity contribution in [2.75, 3.05) is 25.5 Å². The summed E-state index contributed by atoms with van der Waals surface area (Å²) >= 11 is 0. The second kappa shape index (κ2) is 8.34. The first-order valence-electron chi connectivity index (χ1n) is 7.84. The van der Waals surface area contributed by atoms with Gasteiger partial charge in [-0.05, 0) is 50.2 Å². The molecule has 0 aromatic heterocycles. The van der Waals surface area contributed by atoms with Crippen LogP contribution in [0.25, 0.3) is 0 Å². The molecule has 0 saturated heterocycles. The van der Waals surface area contributed by atoms with Crippen molar-refractivity contribution in [2.45, 2.75) is 20.4 Å². The summed E-state index contributed by atoms with van der Waals surface area (Å²) < 4.78 is 5.43. The van der Waals surface area contributed by atoms with Crippen LogP contribution in [0.3, 0.4) is 0 Å². The van der Waals surface area contributed by atoms with Crippen molar-refractivity contribution in [3.63, 3.8) is 0 Å². The van der Waals surface area contributed by atoms with Crippen molar-refractivity contribution in [1.82, 2.24) is 4.90 Å². The minimum Gasteiger partial charge on any atom is -0.494 e. The summed E-state index contributed by atoms with van der Waals surface area (Å²) in [6.45, 7) is 5.68. The van der Waals surface area contributed by atoms with Crippen molar-refractivity contribution >= 4 is 11.6 Å². The van der Waals surface area contributed by atoms with Crippen LogP contribution in [0.2, 0.25) is 0 Å². The lowest BCUT2D eigenvalue weighted by Gasteiger charge is -2.17. The molecule has 1 N–H and O–H groups in total. The zero-order valence-corrected chi connectivity index (χ0v) is 14.0. The van der Waals surface area contributed by atoms with Crippen molar-refractivity contribution in [3.05, 3.63) is 59.7 Å². The number of carbonyl (C=O) groups excluding carboxylic acids is 1.